The van der Waals surface area contributed by atoms with Crippen LogP contribution in [0.2, 0.25) is 0 Å². The van der Waals surface area contributed by atoms with Gasteiger partial charge in [-0.25, -0.2) is 9.67 Å². The SMILES string of the molecule is CCNc1c(N)cnc2c1cnn2C1CCCC1. The summed E-state index contributed by atoms with van der Waals surface area (Å²) in [6.07, 6.45) is 8.61. The molecule has 1 fully saturated rings. The van der Waals surface area contributed by atoms with Crippen LogP contribution < -0.4 is 11.1 Å². The molecule has 0 saturated heterocycles. The van der Waals surface area contributed by atoms with Gasteiger partial charge in [0.05, 0.1) is 35.2 Å². The van der Waals surface area contributed by atoms with Crippen LogP contribution in [0.25, 0.3) is 11.0 Å². The minimum absolute atomic E-state index is 0.508. The lowest BCUT2D eigenvalue weighted by Crippen LogP contribution is -2.08. The van der Waals surface area contributed by atoms with E-state index < -0.39 is 0 Å². The van der Waals surface area contributed by atoms with E-state index in [-0.39, 0.29) is 0 Å². The van der Waals surface area contributed by atoms with E-state index in [2.05, 4.69) is 27.0 Å². The first kappa shape index (κ1) is 11.3. The number of nitrogens with one attached hydrogen (secondary N) is 1. The monoisotopic (exact) mass is 245 g/mol. The molecule has 2 aromatic heterocycles. The molecule has 0 aliphatic heterocycles. The van der Waals surface area contributed by atoms with E-state index in [0.29, 0.717) is 11.7 Å². The van der Waals surface area contributed by atoms with Crippen molar-refractivity contribution in [1.82, 2.24) is 14.8 Å². The number of nitrogen functional groups attached to an aromatic ring is 1. The Morgan fingerprint density at radius 1 is 1.39 bits per heavy atom. The fraction of sp³-hybridized carbons (Fsp3) is 0.538. The van der Waals surface area contributed by atoms with Crippen LogP contribution in [-0.4, -0.2) is 21.3 Å². The summed E-state index contributed by atoms with van der Waals surface area (Å²) in [6, 6.07) is 0.508. The lowest BCUT2D eigenvalue weighted by atomic mass is 10.2. The standard InChI is InChI=1S/C13H19N5/c1-2-15-12-10-7-17-18(9-5-3-4-6-9)13(10)16-8-11(12)14/h7-9H,2-6,14H2,1H3,(H,15,16). The number of hydrogen-bond donors (Lipinski definition) is 2. The van der Waals surface area contributed by atoms with Gasteiger partial charge in [-0.05, 0) is 19.8 Å². The Bertz CT molecular complexity index is 554. The molecule has 1 saturated carbocycles. The molecule has 1 aliphatic carbocycles. The topological polar surface area (TPSA) is 68.8 Å². The first-order chi connectivity index (χ1) is 8.81. The molecule has 0 unspecified atom stereocenters. The molecule has 0 spiro atoms. The average Bonchev–Trinajstić information content (AvgIpc) is 3.00. The van der Waals surface area contributed by atoms with Gasteiger partial charge in [0, 0.05) is 6.54 Å². The van der Waals surface area contributed by atoms with E-state index in [1.54, 1.807) is 6.20 Å². The highest BCUT2D eigenvalue weighted by molar-refractivity contribution is 5.95. The summed E-state index contributed by atoms with van der Waals surface area (Å²) in [5.41, 5.74) is 8.58. The number of hydrogen-bond acceptors (Lipinski definition) is 4. The van der Waals surface area contributed by atoms with Crippen LogP contribution in [0.1, 0.15) is 38.6 Å². The highest BCUT2D eigenvalue weighted by Gasteiger charge is 2.21. The average molecular weight is 245 g/mol. The number of aromatic nitrogens is 3. The van der Waals surface area contributed by atoms with E-state index in [9.17, 15) is 0 Å². The van der Waals surface area contributed by atoms with Gasteiger partial charge in [0.2, 0.25) is 0 Å². The molecule has 2 aromatic rings. The highest BCUT2D eigenvalue weighted by Crippen LogP contribution is 2.34. The molecule has 0 bridgehead atoms. The Labute approximate surface area is 106 Å². The van der Waals surface area contributed by atoms with Crippen molar-refractivity contribution in [2.24, 2.45) is 0 Å². The quantitative estimate of drug-likeness (QED) is 0.872. The Morgan fingerprint density at radius 2 is 2.17 bits per heavy atom. The molecular formula is C13H19N5. The zero-order valence-corrected chi connectivity index (χ0v) is 10.7. The van der Waals surface area contributed by atoms with Gasteiger partial charge in [-0.15, -0.1) is 0 Å². The maximum absolute atomic E-state index is 5.97. The molecule has 1 aliphatic rings. The third-order valence-electron chi connectivity index (χ3n) is 3.68. The smallest absolute Gasteiger partial charge is 0.160 e. The molecule has 96 valence electrons. The molecule has 0 aromatic carbocycles. The van der Waals surface area contributed by atoms with Gasteiger partial charge in [-0.3, -0.25) is 0 Å². The number of nitrogens with two attached hydrogens (primary N) is 1. The molecule has 3 rings (SSSR count). The molecular weight excluding hydrogens is 226 g/mol. The van der Waals surface area contributed by atoms with Crippen molar-refractivity contribution in [3.05, 3.63) is 12.4 Å². The van der Waals surface area contributed by atoms with Crippen molar-refractivity contribution in [3.63, 3.8) is 0 Å². The van der Waals surface area contributed by atoms with Gasteiger partial charge in [0.15, 0.2) is 5.65 Å². The van der Waals surface area contributed by atoms with Crippen LogP contribution in [0.15, 0.2) is 12.4 Å². The van der Waals surface area contributed by atoms with Crippen LogP contribution in [-0.2, 0) is 0 Å². The van der Waals surface area contributed by atoms with Gasteiger partial charge in [-0.1, -0.05) is 12.8 Å². The van der Waals surface area contributed by atoms with Gasteiger partial charge < -0.3 is 11.1 Å². The third kappa shape index (κ3) is 1.70. The van der Waals surface area contributed by atoms with E-state index in [1.807, 2.05) is 6.20 Å². The van der Waals surface area contributed by atoms with Crippen molar-refractivity contribution in [1.29, 1.82) is 0 Å². The number of rotatable bonds is 3. The first-order valence-corrected chi connectivity index (χ1v) is 6.66. The predicted octanol–water partition coefficient (Wildman–Crippen LogP) is 2.56. The summed E-state index contributed by atoms with van der Waals surface area (Å²) >= 11 is 0. The first-order valence-electron chi connectivity index (χ1n) is 6.66. The fourth-order valence-electron chi connectivity index (χ4n) is 2.80. The molecule has 0 amide bonds. The summed E-state index contributed by atoms with van der Waals surface area (Å²) in [4.78, 5) is 4.46. The fourth-order valence-corrected chi connectivity index (χ4v) is 2.80. The molecule has 0 radical (unpaired) electrons. The van der Waals surface area contributed by atoms with Crippen molar-refractivity contribution in [2.45, 2.75) is 38.6 Å². The van der Waals surface area contributed by atoms with Crippen LogP contribution in [0.3, 0.4) is 0 Å². The van der Waals surface area contributed by atoms with Gasteiger partial charge in [0.1, 0.15) is 0 Å². The molecule has 0 atom stereocenters. The Morgan fingerprint density at radius 3 is 2.89 bits per heavy atom. The molecule has 2 heterocycles. The van der Waals surface area contributed by atoms with E-state index in [1.165, 1.54) is 25.7 Å². The molecule has 5 nitrogen and oxygen atoms in total. The maximum Gasteiger partial charge on any atom is 0.160 e. The second-order valence-corrected chi connectivity index (χ2v) is 4.88. The number of pyridine rings is 1. The molecule has 3 N–H and O–H groups in total. The maximum atomic E-state index is 5.97. The molecule has 18 heavy (non-hydrogen) atoms. The van der Waals surface area contributed by atoms with Crippen molar-refractivity contribution < 1.29 is 0 Å². The van der Waals surface area contributed by atoms with Gasteiger partial charge >= 0.3 is 0 Å². The molecule has 5 heteroatoms. The number of nitrogens with zero attached hydrogens (tertiary/aromatic N) is 3. The summed E-state index contributed by atoms with van der Waals surface area (Å²) < 4.78 is 2.07. The van der Waals surface area contributed by atoms with Crippen molar-refractivity contribution in [2.75, 3.05) is 17.6 Å². The van der Waals surface area contributed by atoms with Crippen LogP contribution in [0, 0.1) is 0 Å². The summed E-state index contributed by atoms with van der Waals surface area (Å²) in [6.45, 7) is 2.91. The highest BCUT2D eigenvalue weighted by atomic mass is 15.3. The second kappa shape index (κ2) is 4.48. The summed E-state index contributed by atoms with van der Waals surface area (Å²) in [7, 11) is 0. The third-order valence-corrected chi connectivity index (χ3v) is 3.68. The second-order valence-electron chi connectivity index (χ2n) is 4.88. The van der Waals surface area contributed by atoms with Gasteiger partial charge in [0.25, 0.3) is 0 Å². The largest absolute Gasteiger partial charge is 0.396 e. The van der Waals surface area contributed by atoms with Crippen molar-refractivity contribution in [3.8, 4) is 0 Å². The number of fused-ring (bicyclic) bond motifs is 1. The number of anilines is 2. The summed E-state index contributed by atoms with van der Waals surface area (Å²) in [5, 5.41) is 8.86. The van der Waals surface area contributed by atoms with E-state index >= 15 is 0 Å². The minimum Gasteiger partial charge on any atom is -0.396 e. The normalized spacial score (nSPS) is 16.5. The Hall–Kier alpha value is -1.78. The van der Waals surface area contributed by atoms with Crippen LogP contribution >= 0.6 is 0 Å². The zero-order chi connectivity index (χ0) is 12.5. The van der Waals surface area contributed by atoms with E-state index in [4.69, 9.17) is 5.73 Å². The van der Waals surface area contributed by atoms with Crippen LogP contribution in [0.4, 0.5) is 11.4 Å². The van der Waals surface area contributed by atoms with Crippen molar-refractivity contribution >= 4 is 22.4 Å². The minimum atomic E-state index is 0.508. The van der Waals surface area contributed by atoms with Gasteiger partial charge in [-0.2, -0.15) is 5.10 Å². The predicted molar refractivity (Wildman–Crippen MR) is 73.6 cm³/mol. The Kier molecular flexibility index (Phi) is 2.81. The summed E-state index contributed by atoms with van der Waals surface area (Å²) in [5.74, 6) is 0. The lowest BCUT2D eigenvalue weighted by molar-refractivity contribution is 0.478. The van der Waals surface area contributed by atoms with E-state index in [0.717, 1.165) is 23.3 Å². The Balaban J connectivity index is 2.11. The lowest BCUT2D eigenvalue weighted by Gasteiger charge is -2.12. The zero-order valence-electron chi connectivity index (χ0n) is 10.7. The van der Waals surface area contributed by atoms with Crippen LogP contribution in [0.5, 0.6) is 0 Å².